The highest BCUT2D eigenvalue weighted by molar-refractivity contribution is 5.63. The van der Waals surface area contributed by atoms with Gasteiger partial charge in [0.05, 0.1) is 0 Å². The zero-order chi connectivity index (χ0) is 13.2. The largest absolute Gasteiger partial charge is 0.382 e. The van der Waals surface area contributed by atoms with Crippen molar-refractivity contribution in [3.05, 3.63) is 36.3 Å². The first-order valence-corrected chi connectivity index (χ1v) is 5.58. The Labute approximate surface area is 108 Å². The van der Waals surface area contributed by atoms with Gasteiger partial charge in [0.2, 0.25) is 5.82 Å². The first kappa shape index (κ1) is 11.3. The van der Waals surface area contributed by atoms with E-state index in [2.05, 4.69) is 25.1 Å². The topological polar surface area (TPSA) is 104 Å². The number of nitrogen functional groups attached to an aromatic ring is 1. The molecule has 7 nitrogen and oxygen atoms in total. The maximum Gasteiger partial charge on any atom is 0.280 e. The first-order chi connectivity index (χ1) is 9.25. The van der Waals surface area contributed by atoms with E-state index < -0.39 is 0 Å². The second-order valence-electron chi connectivity index (χ2n) is 3.88. The fourth-order valence-electron chi connectivity index (χ4n) is 1.65. The number of nitrogens with two attached hydrogens (primary N) is 1. The molecule has 19 heavy (non-hydrogen) atoms. The second-order valence-corrected chi connectivity index (χ2v) is 3.88. The van der Waals surface area contributed by atoms with Gasteiger partial charge in [-0.2, -0.15) is 4.98 Å². The van der Waals surface area contributed by atoms with E-state index in [4.69, 9.17) is 10.3 Å². The number of rotatable bonds is 2. The molecule has 0 saturated heterocycles. The van der Waals surface area contributed by atoms with Gasteiger partial charge in [0.25, 0.3) is 5.89 Å². The molecule has 7 heteroatoms. The highest BCUT2D eigenvalue weighted by Gasteiger charge is 2.16. The quantitative estimate of drug-likeness (QED) is 0.738. The van der Waals surface area contributed by atoms with Crippen LogP contribution in [0.4, 0.5) is 5.82 Å². The Hall–Kier alpha value is -2.83. The van der Waals surface area contributed by atoms with Crippen molar-refractivity contribution in [3.8, 4) is 23.1 Å². The van der Waals surface area contributed by atoms with E-state index in [0.717, 1.165) is 5.56 Å². The van der Waals surface area contributed by atoms with Gasteiger partial charge in [-0.15, -0.1) is 0 Å². The lowest BCUT2D eigenvalue weighted by Gasteiger charge is -1.97. The number of hydrogen-bond donors (Lipinski definition) is 1. The molecule has 3 aromatic heterocycles. The summed E-state index contributed by atoms with van der Waals surface area (Å²) >= 11 is 0. The molecule has 0 saturated carbocycles. The smallest absolute Gasteiger partial charge is 0.280 e. The Balaban J connectivity index is 2.06. The standard InChI is InChI=1S/C12H10N6O/c1-7-3-2-4-14-8(7)11-17-12(19-18-11)9-10(13)16-6-5-15-9/h2-6H,1H3,(H2,13,16). The number of aromatic nitrogens is 5. The third-order valence-corrected chi connectivity index (χ3v) is 2.58. The van der Waals surface area contributed by atoms with Crippen molar-refractivity contribution >= 4 is 5.82 Å². The van der Waals surface area contributed by atoms with Gasteiger partial charge in [0.15, 0.2) is 11.5 Å². The molecule has 0 aromatic carbocycles. The number of aryl methyl sites for hydroxylation is 1. The summed E-state index contributed by atoms with van der Waals surface area (Å²) in [4.78, 5) is 16.5. The lowest BCUT2D eigenvalue weighted by atomic mass is 10.2. The fourth-order valence-corrected chi connectivity index (χ4v) is 1.65. The van der Waals surface area contributed by atoms with Gasteiger partial charge in [-0.1, -0.05) is 11.2 Å². The molecule has 3 aromatic rings. The fraction of sp³-hybridized carbons (Fsp3) is 0.0833. The lowest BCUT2D eigenvalue weighted by molar-refractivity contribution is 0.431. The van der Waals surface area contributed by atoms with Gasteiger partial charge in [-0.25, -0.2) is 9.97 Å². The van der Waals surface area contributed by atoms with Crippen LogP contribution in [0.15, 0.2) is 35.2 Å². The molecular weight excluding hydrogens is 244 g/mol. The van der Waals surface area contributed by atoms with Crippen LogP contribution in [0.2, 0.25) is 0 Å². The van der Waals surface area contributed by atoms with Crippen molar-refractivity contribution in [1.82, 2.24) is 25.1 Å². The summed E-state index contributed by atoms with van der Waals surface area (Å²) in [5.74, 6) is 0.874. The van der Waals surface area contributed by atoms with E-state index in [1.165, 1.54) is 12.4 Å². The minimum absolute atomic E-state index is 0.227. The van der Waals surface area contributed by atoms with Crippen molar-refractivity contribution in [3.63, 3.8) is 0 Å². The predicted molar refractivity (Wildman–Crippen MR) is 67.7 cm³/mol. The normalized spacial score (nSPS) is 10.6. The highest BCUT2D eigenvalue weighted by Crippen LogP contribution is 2.23. The van der Waals surface area contributed by atoms with Crippen molar-refractivity contribution in [2.45, 2.75) is 6.92 Å². The molecule has 0 unspecified atom stereocenters. The maximum absolute atomic E-state index is 5.71. The molecule has 0 radical (unpaired) electrons. The van der Waals surface area contributed by atoms with E-state index in [0.29, 0.717) is 17.2 Å². The minimum atomic E-state index is 0.227. The molecule has 3 rings (SSSR count). The molecule has 0 atom stereocenters. The Bertz CT molecular complexity index is 663. The van der Waals surface area contributed by atoms with E-state index in [9.17, 15) is 0 Å². The second kappa shape index (κ2) is 4.45. The molecule has 0 aliphatic heterocycles. The zero-order valence-corrected chi connectivity index (χ0v) is 10.1. The third-order valence-electron chi connectivity index (χ3n) is 2.58. The van der Waals surface area contributed by atoms with Crippen molar-refractivity contribution in [2.75, 3.05) is 5.73 Å². The van der Waals surface area contributed by atoms with Crippen LogP contribution in [0.3, 0.4) is 0 Å². The van der Waals surface area contributed by atoms with Crippen LogP contribution >= 0.6 is 0 Å². The van der Waals surface area contributed by atoms with E-state index in [1.54, 1.807) is 6.20 Å². The van der Waals surface area contributed by atoms with E-state index in [1.807, 2.05) is 19.1 Å². The Kier molecular flexibility index (Phi) is 2.64. The molecule has 0 amide bonds. The van der Waals surface area contributed by atoms with Gasteiger partial charge in [0, 0.05) is 18.6 Å². The zero-order valence-electron chi connectivity index (χ0n) is 10.1. The van der Waals surface area contributed by atoms with Crippen LogP contribution in [0.25, 0.3) is 23.1 Å². The summed E-state index contributed by atoms with van der Waals surface area (Å²) < 4.78 is 5.16. The molecule has 0 aliphatic rings. The van der Waals surface area contributed by atoms with Gasteiger partial charge in [-0.3, -0.25) is 4.98 Å². The SMILES string of the molecule is Cc1cccnc1-c1noc(-c2nccnc2N)n1. The number of anilines is 1. The molecular formula is C12H10N6O. The van der Waals surface area contributed by atoms with Crippen molar-refractivity contribution < 1.29 is 4.52 Å². The Morgan fingerprint density at radius 1 is 1.05 bits per heavy atom. The molecule has 3 heterocycles. The summed E-state index contributed by atoms with van der Waals surface area (Å²) in [6.45, 7) is 1.93. The number of pyridine rings is 1. The summed E-state index contributed by atoms with van der Waals surface area (Å²) in [6, 6.07) is 3.77. The average Bonchev–Trinajstić information content (AvgIpc) is 2.89. The van der Waals surface area contributed by atoms with Crippen LogP contribution in [0, 0.1) is 6.92 Å². The first-order valence-electron chi connectivity index (χ1n) is 5.58. The van der Waals surface area contributed by atoms with E-state index >= 15 is 0 Å². The summed E-state index contributed by atoms with van der Waals surface area (Å²) in [5, 5.41) is 3.89. The average molecular weight is 254 g/mol. The predicted octanol–water partition coefficient (Wildman–Crippen LogP) is 1.48. The Morgan fingerprint density at radius 3 is 2.63 bits per heavy atom. The Morgan fingerprint density at radius 2 is 1.84 bits per heavy atom. The lowest BCUT2D eigenvalue weighted by Crippen LogP contribution is -1.96. The van der Waals surface area contributed by atoms with Crippen molar-refractivity contribution in [1.29, 1.82) is 0 Å². The monoisotopic (exact) mass is 254 g/mol. The van der Waals surface area contributed by atoms with Crippen LogP contribution in [0.1, 0.15) is 5.56 Å². The van der Waals surface area contributed by atoms with Crippen LogP contribution < -0.4 is 5.73 Å². The molecule has 0 bridgehead atoms. The van der Waals surface area contributed by atoms with Gasteiger partial charge < -0.3 is 10.3 Å². The van der Waals surface area contributed by atoms with Gasteiger partial charge in [0.1, 0.15) is 5.69 Å². The molecule has 0 fully saturated rings. The highest BCUT2D eigenvalue weighted by atomic mass is 16.5. The summed E-state index contributed by atoms with van der Waals surface area (Å²) in [5.41, 5.74) is 7.71. The van der Waals surface area contributed by atoms with Gasteiger partial charge >= 0.3 is 0 Å². The van der Waals surface area contributed by atoms with Gasteiger partial charge in [-0.05, 0) is 18.6 Å². The maximum atomic E-state index is 5.71. The van der Waals surface area contributed by atoms with Crippen molar-refractivity contribution in [2.24, 2.45) is 0 Å². The molecule has 0 spiro atoms. The minimum Gasteiger partial charge on any atom is -0.382 e. The number of nitrogens with zero attached hydrogens (tertiary/aromatic N) is 5. The molecule has 0 aliphatic carbocycles. The van der Waals surface area contributed by atoms with Crippen LogP contribution in [-0.4, -0.2) is 25.1 Å². The number of hydrogen-bond acceptors (Lipinski definition) is 7. The van der Waals surface area contributed by atoms with E-state index in [-0.39, 0.29) is 11.7 Å². The summed E-state index contributed by atoms with van der Waals surface area (Å²) in [7, 11) is 0. The summed E-state index contributed by atoms with van der Waals surface area (Å²) in [6.07, 6.45) is 4.69. The van der Waals surface area contributed by atoms with Crippen LogP contribution in [-0.2, 0) is 0 Å². The third kappa shape index (κ3) is 2.01. The molecule has 2 N–H and O–H groups in total. The molecule has 94 valence electrons. The van der Waals surface area contributed by atoms with Crippen LogP contribution in [0.5, 0.6) is 0 Å².